The molecule has 2 aromatic rings. The number of unbranched alkanes of at least 4 members (excludes halogenated alkanes) is 1. The molecule has 5 nitrogen and oxygen atoms in total. The summed E-state index contributed by atoms with van der Waals surface area (Å²) in [6, 6.07) is 9.96. The van der Waals surface area contributed by atoms with Crippen LogP contribution in [0, 0.1) is 31.1 Å². The Morgan fingerprint density at radius 1 is 1.22 bits per heavy atom. The second-order valence-electron chi connectivity index (χ2n) is 7.24. The first-order chi connectivity index (χ1) is 12.9. The topological polar surface area (TPSA) is 82.6 Å². The third kappa shape index (κ3) is 4.78. The molecule has 0 saturated heterocycles. The molecule has 144 valence electrons. The number of nitrogens with two attached hydrogens (primary N) is 1. The highest BCUT2D eigenvalue weighted by Gasteiger charge is 2.24. The average molecular weight is 369 g/mol. The summed E-state index contributed by atoms with van der Waals surface area (Å²) in [4.78, 5) is 12.8. The van der Waals surface area contributed by atoms with Crippen LogP contribution >= 0.6 is 0 Å². The van der Waals surface area contributed by atoms with E-state index in [1.807, 2.05) is 42.6 Å². The van der Waals surface area contributed by atoms with Gasteiger partial charge < -0.3 is 5.11 Å². The number of benzene rings is 1. The van der Waals surface area contributed by atoms with Gasteiger partial charge >= 0.3 is 0 Å². The number of nitriles is 1. The first-order valence-corrected chi connectivity index (χ1v) is 9.70. The fourth-order valence-electron chi connectivity index (χ4n) is 3.32. The Bertz CT molecular complexity index is 876. The van der Waals surface area contributed by atoms with Gasteiger partial charge in [0.05, 0.1) is 0 Å². The number of pyridine rings is 1. The molecule has 1 unspecified atom stereocenters. The zero-order valence-electron chi connectivity index (χ0n) is 16.7. The summed E-state index contributed by atoms with van der Waals surface area (Å²) in [5, 5.41) is 22.2. The van der Waals surface area contributed by atoms with Crippen LogP contribution in [0.2, 0.25) is 0 Å². The quantitative estimate of drug-likeness (QED) is 0.696. The first kappa shape index (κ1) is 20.7. The molecule has 0 amide bonds. The van der Waals surface area contributed by atoms with Crippen molar-refractivity contribution in [2.24, 2.45) is 5.92 Å². The Labute approximate surface area is 161 Å². The van der Waals surface area contributed by atoms with E-state index in [9.17, 15) is 15.2 Å². The van der Waals surface area contributed by atoms with Crippen LogP contribution in [0.4, 0.5) is 11.4 Å². The third-order valence-corrected chi connectivity index (χ3v) is 5.22. The van der Waals surface area contributed by atoms with E-state index >= 15 is 0 Å². The molecule has 1 atom stereocenters. The van der Waals surface area contributed by atoms with Crippen LogP contribution in [0.15, 0.2) is 29.1 Å². The van der Waals surface area contributed by atoms with Gasteiger partial charge in [-0.3, -0.25) is 14.7 Å². The highest BCUT2D eigenvalue weighted by atomic mass is 16.3. The number of aromatic nitrogens is 1. The van der Waals surface area contributed by atoms with Gasteiger partial charge in [0.2, 0.25) is 0 Å². The number of nitrogens with zero attached hydrogens (tertiary/aromatic N) is 2. The molecule has 2 rings (SSSR count). The van der Waals surface area contributed by atoms with E-state index < -0.39 is 5.56 Å². The molecule has 0 aliphatic carbocycles. The molecule has 1 aromatic carbocycles. The van der Waals surface area contributed by atoms with Crippen LogP contribution in [-0.2, 0) is 6.54 Å². The van der Waals surface area contributed by atoms with Gasteiger partial charge in [-0.2, -0.15) is 5.26 Å². The van der Waals surface area contributed by atoms with Crippen LogP contribution in [0.1, 0.15) is 56.2 Å². The summed E-state index contributed by atoms with van der Waals surface area (Å²) in [7, 11) is 0. The lowest BCUT2D eigenvalue weighted by Gasteiger charge is -2.19. The lowest BCUT2D eigenvalue weighted by molar-refractivity contribution is -0.480. The van der Waals surface area contributed by atoms with Crippen molar-refractivity contribution in [3.63, 3.8) is 0 Å². The third-order valence-electron chi connectivity index (χ3n) is 5.22. The highest BCUT2D eigenvalue weighted by Crippen LogP contribution is 2.26. The lowest BCUT2D eigenvalue weighted by Crippen LogP contribution is -2.71. The summed E-state index contributed by atoms with van der Waals surface area (Å²) in [6.07, 6.45) is 4.12. The Hall–Kier alpha value is -2.58. The van der Waals surface area contributed by atoms with Crippen molar-refractivity contribution in [1.29, 1.82) is 5.26 Å². The van der Waals surface area contributed by atoms with E-state index in [1.165, 1.54) is 4.57 Å². The van der Waals surface area contributed by atoms with Crippen LogP contribution < -0.4 is 10.9 Å². The van der Waals surface area contributed by atoms with E-state index in [1.54, 1.807) is 6.92 Å². The molecule has 3 N–H and O–H groups in total. The maximum absolute atomic E-state index is 12.8. The molecule has 0 fully saturated rings. The largest absolute Gasteiger partial charge is 0.490 e. The molecule has 0 aliphatic heterocycles. The summed E-state index contributed by atoms with van der Waals surface area (Å²) < 4.78 is 1.38. The van der Waals surface area contributed by atoms with E-state index in [-0.39, 0.29) is 11.4 Å². The maximum atomic E-state index is 12.8. The van der Waals surface area contributed by atoms with E-state index in [2.05, 4.69) is 13.8 Å². The highest BCUT2D eigenvalue weighted by molar-refractivity contribution is 5.55. The normalized spacial score (nSPS) is 12.0. The Balaban J connectivity index is 2.49. The zero-order valence-corrected chi connectivity index (χ0v) is 16.7. The van der Waals surface area contributed by atoms with Crippen LogP contribution in [0.5, 0.6) is 5.88 Å². The molecule has 1 aromatic heterocycles. The Morgan fingerprint density at radius 2 is 1.89 bits per heavy atom. The maximum Gasteiger partial charge on any atom is 0.271 e. The van der Waals surface area contributed by atoms with Gasteiger partial charge in [0, 0.05) is 12.1 Å². The number of aryl methyl sites for hydroxylation is 1. The lowest BCUT2D eigenvalue weighted by atomic mass is 9.99. The SMILES string of the molecule is CCCCC(CC)Cn1c(O)c([NH2+]c2ccc(C)cc2)c(C)c(C#N)c1=O. The van der Waals surface area contributed by atoms with Crippen LogP contribution in [0.25, 0.3) is 0 Å². The van der Waals surface area contributed by atoms with E-state index in [0.717, 1.165) is 36.9 Å². The minimum Gasteiger partial charge on any atom is -0.490 e. The second-order valence-corrected chi connectivity index (χ2v) is 7.24. The van der Waals surface area contributed by atoms with Gasteiger partial charge in [0.1, 0.15) is 17.3 Å². The first-order valence-electron chi connectivity index (χ1n) is 9.70. The fourth-order valence-corrected chi connectivity index (χ4v) is 3.32. The van der Waals surface area contributed by atoms with E-state index in [4.69, 9.17) is 0 Å². The minimum absolute atomic E-state index is 0.0491. The Morgan fingerprint density at radius 3 is 2.44 bits per heavy atom. The molecule has 5 heteroatoms. The molecule has 0 saturated carbocycles. The second kappa shape index (κ2) is 9.38. The number of aromatic hydroxyl groups is 1. The molecule has 0 bridgehead atoms. The van der Waals surface area contributed by atoms with Gasteiger partial charge in [-0.15, -0.1) is 0 Å². The Kier molecular flexibility index (Phi) is 7.20. The van der Waals surface area contributed by atoms with Crippen molar-refractivity contribution in [2.45, 2.75) is 59.9 Å². The van der Waals surface area contributed by atoms with E-state index in [0.29, 0.717) is 23.7 Å². The number of rotatable bonds is 8. The molecule has 0 aliphatic rings. The van der Waals surface area contributed by atoms with Gasteiger partial charge in [0.15, 0.2) is 5.69 Å². The van der Waals surface area contributed by atoms with Crippen molar-refractivity contribution in [3.05, 3.63) is 51.3 Å². The van der Waals surface area contributed by atoms with Crippen molar-refractivity contribution in [2.75, 3.05) is 0 Å². The number of quaternary nitrogens is 1. The zero-order chi connectivity index (χ0) is 20.0. The molecule has 0 spiro atoms. The molecular weight excluding hydrogens is 338 g/mol. The predicted octanol–water partition coefficient (Wildman–Crippen LogP) is 3.79. The van der Waals surface area contributed by atoms with Crippen molar-refractivity contribution in [1.82, 2.24) is 4.57 Å². The minimum atomic E-state index is -0.400. The van der Waals surface area contributed by atoms with Gasteiger partial charge in [-0.25, -0.2) is 0 Å². The number of hydrogen-bond acceptors (Lipinski definition) is 3. The van der Waals surface area contributed by atoms with Crippen LogP contribution in [-0.4, -0.2) is 9.67 Å². The summed E-state index contributed by atoms with van der Waals surface area (Å²) >= 11 is 0. The van der Waals surface area contributed by atoms with Crippen molar-refractivity contribution >= 4 is 11.4 Å². The van der Waals surface area contributed by atoms with Gasteiger partial charge in [-0.05, 0) is 38.3 Å². The number of hydrogen-bond donors (Lipinski definition) is 2. The summed E-state index contributed by atoms with van der Waals surface area (Å²) in [5.74, 6) is 0.252. The smallest absolute Gasteiger partial charge is 0.271 e. The van der Waals surface area contributed by atoms with Gasteiger partial charge in [0.25, 0.3) is 11.4 Å². The average Bonchev–Trinajstić information content (AvgIpc) is 2.66. The van der Waals surface area contributed by atoms with Crippen LogP contribution in [0.3, 0.4) is 0 Å². The molecular formula is C22H30N3O2+. The summed E-state index contributed by atoms with van der Waals surface area (Å²) in [5.41, 5.74) is 2.85. The predicted molar refractivity (Wildman–Crippen MR) is 108 cm³/mol. The molecule has 27 heavy (non-hydrogen) atoms. The van der Waals surface area contributed by atoms with Gasteiger partial charge in [-0.1, -0.05) is 50.8 Å². The molecule has 0 radical (unpaired) electrons. The van der Waals surface area contributed by atoms with Crippen molar-refractivity contribution in [3.8, 4) is 11.9 Å². The monoisotopic (exact) mass is 368 g/mol. The summed E-state index contributed by atoms with van der Waals surface area (Å²) in [6.45, 7) is 8.41. The molecule has 1 heterocycles. The van der Waals surface area contributed by atoms with Crippen molar-refractivity contribution < 1.29 is 10.4 Å². The standard InChI is InChI=1S/C22H29N3O2/c1-5-7-8-17(6-2)14-25-21(26)19(13-23)16(4)20(22(25)27)24-18-11-9-15(3)10-12-18/h9-12,17,24,27H,5-8,14H2,1-4H3/p+1. The fraction of sp³-hybridized carbons (Fsp3) is 0.455.